The molecule has 130 valence electrons. The number of rotatable bonds is 6. The highest BCUT2D eigenvalue weighted by Gasteiger charge is 2.10. The van der Waals surface area contributed by atoms with Gasteiger partial charge in [0, 0.05) is 13.0 Å². The molecule has 2 aromatic heterocycles. The van der Waals surface area contributed by atoms with Gasteiger partial charge in [-0.15, -0.1) is 16.4 Å². The normalized spacial score (nSPS) is 10.9. The zero-order chi connectivity index (χ0) is 17.8. The number of carbonyl (C=O) groups excluding carboxylic acids is 1. The number of aromatic amines is 1. The van der Waals surface area contributed by atoms with Gasteiger partial charge in [-0.05, 0) is 33.7 Å². The Balaban J connectivity index is 1.41. The van der Waals surface area contributed by atoms with E-state index in [1.54, 1.807) is 11.3 Å². The number of nitrogens with zero attached hydrogens (tertiary/aromatic N) is 4. The summed E-state index contributed by atoms with van der Waals surface area (Å²) in [4.78, 5) is 16.7. The first-order valence-corrected chi connectivity index (χ1v) is 9.04. The van der Waals surface area contributed by atoms with E-state index in [0.717, 1.165) is 20.8 Å². The summed E-state index contributed by atoms with van der Waals surface area (Å²) in [6.45, 7) is 0.485. The molecule has 0 fully saturated rings. The number of carbonyl (C=O) groups is 1. The van der Waals surface area contributed by atoms with Gasteiger partial charge in [0.15, 0.2) is 0 Å². The van der Waals surface area contributed by atoms with Crippen molar-refractivity contribution >= 4 is 27.5 Å². The zero-order valence-electron chi connectivity index (χ0n) is 13.8. The van der Waals surface area contributed by atoms with Gasteiger partial charge < -0.3 is 5.32 Å². The van der Waals surface area contributed by atoms with Crippen LogP contribution in [0.2, 0.25) is 0 Å². The average molecular weight is 364 g/mol. The summed E-state index contributed by atoms with van der Waals surface area (Å²) < 4.78 is 1.09. The van der Waals surface area contributed by atoms with E-state index in [4.69, 9.17) is 0 Å². The van der Waals surface area contributed by atoms with Crippen molar-refractivity contribution in [2.75, 3.05) is 6.54 Å². The molecule has 0 saturated heterocycles. The number of hydrogen-bond acceptors (Lipinski definition) is 6. The number of tetrazole rings is 1. The van der Waals surface area contributed by atoms with Crippen LogP contribution >= 0.6 is 11.3 Å². The summed E-state index contributed by atoms with van der Waals surface area (Å²) in [6, 6.07) is 16.4. The van der Waals surface area contributed by atoms with Crippen molar-refractivity contribution < 1.29 is 4.79 Å². The molecule has 0 aliphatic rings. The van der Waals surface area contributed by atoms with Crippen molar-refractivity contribution in [3.8, 4) is 11.1 Å². The molecular weight excluding hydrogens is 348 g/mol. The van der Waals surface area contributed by atoms with Gasteiger partial charge in [0.2, 0.25) is 5.91 Å². The highest BCUT2D eigenvalue weighted by Crippen LogP contribution is 2.28. The number of fused-ring (bicyclic) bond motifs is 1. The summed E-state index contributed by atoms with van der Waals surface area (Å²) in [5.74, 6) is 0.596. The van der Waals surface area contributed by atoms with Gasteiger partial charge >= 0.3 is 0 Å². The second-order valence-corrected chi connectivity index (χ2v) is 6.90. The molecule has 26 heavy (non-hydrogen) atoms. The number of benzene rings is 2. The molecule has 0 saturated carbocycles. The van der Waals surface area contributed by atoms with Crippen LogP contribution < -0.4 is 5.32 Å². The molecule has 0 unspecified atom stereocenters. The van der Waals surface area contributed by atoms with Gasteiger partial charge in [0.25, 0.3) is 0 Å². The summed E-state index contributed by atoms with van der Waals surface area (Å²) in [5.41, 5.74) is 3.24. The third kappa shape index (κ3) is 3.75. The smallest absolute Gasteiger partial charge is 0.226 e. The molecule has 4 rings (SSSR count). The van der Waals surface area contributed by atoms with Gasteiger partial charge in [-0.2, -0.15) is 0 Å². The minimum atomic E-state index is -0.0557. The lowest BCUT2D eigenvalue weighted by Gasteiger charge is -2.01. The summed E-state index contributed by atoms with van der Waals surface area (Å²) in [5, 5.41) is 17.1. The van der Waals surface area contributed by atoms with E-state index in [1.807, 2.05) is 24.3 Å². The fraction of sp³-hybridized carbons (Fsp3) is 0.167. The SMILES string of the molecule is O=C(Cc1nc2ccc(-c3ccccc3)cc2s1)NCCc1nnn[nH]1. The van der Waals surface area contributed by atoms with Crippen molar-refractivity contribution in [2.24, 2.45) is 0 Å². The maximum Gasteiger partial charge on any atom is 0.226 e. The van der Waals surface area contributed by atoms with Gasteiger partial charge in [-0.1, -0.05) is 36.4 Å². The number of nitrogens with one attached hydrogen (secondary N) is 2. The van der Waals surface area contributed by atoms with Crippen molar-refractivity contribution in [1.29, 1.82) is 0 Å². The number of amides is 1. The molecule has 2 heterocycles. The summed E-state index contributed by atoms with van der Waals surface area (Å²) >= 11 is 1.56. The molecule has 0 bridgehead atoms. The Hall–Kier alpha value is -3.13. The monoisotopic (exact) mass is 364 g/mol. The van der Waals surface area contributed by atoms with Crippen molar-refractivity contribution in [3.63, 3.8) is 0 Å². The molecule has 0 aliphatic carbocycles. The third-order valence-electron chi connectivity index (χ3n) is 3.92. The molecule has 0 atom stereocenters. The summed E-state index contributed by atoms with van der Waals surface area (Å²) in [6.07, 6.45) is 0.841. The Morgan fingerprint density at radius 3 is 2.81 bits per heavy atom. The second kappa shape index (κ2) is 7.40. The lowest BCUT2D eigenvalue weighted by molar-refractivity contribution is -0.120. The number of aromatic nitrogens is 5. The van der Waals surface area contributed by atoms with E-state index < -0.39 is 0 Å². The Bertz CT molecular complexity index is 1010. The molecule has 7 nitrogen and oxygen atoms in total. The van der Waals surface area contributed by atoms with Crippen LogP contribution in [0.15, 0.2) is 48.5 Å². The molecular formula is C18H16N6OS. The van der Waals surface area contributed by atoms with Crippen LogP contribution in [0.4, 0.5) is 0 Å². The highest BCUT2D eigenvalue weighted by molar-refractivity contribution is 7.18. The maximum absolute atomic E-state index is 12.1. The van der Waals surface area contributed by atoms with Crippen LogP contribution in [-0.4, -0.2) is 38.1 Å². The predicted octanol–water partition coefficient (Wildman–Crippen LogP) is 2.38. The van der Waals surface area contributed by atoms with Gasteiger partial charge in [-0.25, -0.2) is 10.1 Å². The van der Waals surface area contributed by atoms with E-state index in [2.05, 4.69) is 55.2 Å². The Morgan fingerprint density at radius 1 is 1.12 bits per heavy atom. The Labute approximate surface area is 153 Å². The third-order valence-corrected chi connectivity index (χ3v) is 4.94. The van der Waals surface area contributed by atoms with E-state index in [-0.39, 0.29) is 12.3 Å². The zero-order valence-corrected chi connectivity index (χ0v) is 14.7. The minimum Gasteiger partial charge on any atom is -0.355 e. The van der Waals surface area contributed by atoms with Crippen LogP contribution in [-0.2, 0) is 17.6 Å². The quantitative estimate of drug-likeness (QED) is 0.547. The Kier molecular flexibility index (Phi) is 4.65. The van der Waals surface area contributed by atoms with Crippen molar-refractivity contribution in [3.05, 3.63) is 59.4 Å². The minimum absolute atomic E-state index is 0.0557. The fourth-order valence-electron chi connectivity index (χ4n) is 2.66. The van der Waals surface area contributed by atoms with E-state index in [0.29, 0.717) is 18.8 Å². The number of thiazole rings is 1. The molecule has 8 heteroatoms. The molecule has 0 spiro atoms. The molecule has 1 amide bonds. The molecule has 2 N–H and O–H groups in total. The van der Waals surface area contributed by atoms with Gasteiger partial charge in [0.1, 0.15) is 10.8 Å². The molecule has 0 radical (unpaired) electrons. The summed E-state index contributed by atoms with van der Waals surface area (Å²) in [7, 11) is 0. The lowest BCUT2D eigenvalue weighted by Crippen LogP contribution is -2.27. The first-order chi connectivity index (χ1) is 12.8. The molecule has 0 aliphatic heterocycles. The number of hydrogen-bond donors (Lipinski definition) is 2. The van der Waals surface area contributed by atoms with Crippen LogP contribution in [0.25, 0.3) is 21.3 Å². The standard InChI is InChI=1S/C18H16N6OS/c25-17(19-9-8-16-21-23-24-22-16)11-18-20-14-7-6-13(10-15(14)26-18)12-4-2-1-3-5-12/h1-7,10H,8-9,11H2,(H,19,25)(H,21,22,23,24). The van der Waals surface area contributed by atoms with E-state index in [1.165, 1.54) is 5.56 Å². The Morgan fingerprint density at radius 2 is 2.00 bits per heavy atom. The largest absolute Gasteiger partial charge is 0.355 e. The predicted molar refractivity (Wildman–Crippen MR) is 99.7 cm³/mol. The van der Waals surface area contributed by atoms with Crippen LogP contribution in [0.3, 0.4) is 0 Å². The average Bonchev–Trinajstić information content (AvgIpc) is 3.31. The van der Waals surface area contributed by atoms with Gasteiger partial charge in [-0.3, -0.25) is 4.79 Å². The lowest BCUT2D eigenvalue weighted by atomic mass is 10.1. The van der Waals surface area contributed by atoms with Gasteiger partial charge in [0.05, 0.1) is 16.6 Å². The molecule has 4 aromatic rings. The van der Waals surface area contributed by atoms with E-state index >= 15 is 0 Å². The first kappa shape index (κ1) is 16.3. The fourth-order valence-corrected chi connectivity index (χ4v) is 3.67. The van der Waals surface area contributed by atoms with Crippen LogP contribution in [0, 0.1) is 0 Å². The number of H-pyrrole nitrogens is 1. The maximum atomic E-state index is 12.1. The van der Waals surface area contributed by atoms with Crippen LogP contribution in [0.1, 0.15) is 10.8 Å². The van der Waals surface area contributed by atoms with Crippen molar-refractivity contribution in [1.82, 2.24) is 30.9 Å². The van der Waals surface area contributed by atoms with Crippen LogP contribution in [0.5, 0.6) is 0 Å². The second-order valence-electron chi connectivity index (χ2n) is 5.78. The van der Waals surface area contributed by atoms with E-state index in [9.17, 15) is 4.79 Å². The highest BCUT2D eigenvalue weighted by atomic mass is 32.1. The molecule has 2 aromatic carbocycles. The first-order valence-electron chi connectivity index (χ1n) is 8.22. The van der Waals surface area contributed by atoms with Crippen molar-refractivity contribution in [2.45, 2.75) is 12.8 Å². The topological polar surface area (TPSA) is 96.5 Å².